The van der Waals surface area contributed by atoms with Crippen molar-refractivity contribution < 1.29 is 0 Å². The monoisotopic (exact) mass is 360 g/mol. The third-order valence-corrected chi connectivity index (χ3v) is 5.28. The van der Waals surface area contributed by atoms with Gasteiger partial charge in [-0.3, -0.25) is 5.43 Å². The number of rotatable bonds is 4. The van der Waals surface area contributed by atoms with E-state index in [1.807, 2.05) is 6.21 Å². The van der Waals surface area contributed by atoms with Crippen molar-refractivity contribution in [2.24, 2.45) is 5.10 Å². The lowest BCUT2D eigenvalue weighted by Gasteiger charge is -2.14. The molecule has 1 N–H and O–H groups in total. The summed E-state index contributed by atoms with van der Waals surface area (Å²) in [6.07, 6.45) is 6.40. The molecular weight excluding hydrogens is 340 g/mol. The van der Waals surface area contributed by atoms with Crippen LogP contribution in [0.1, 0.15) is 28.2 Å². The molecule has 1 unspecified atom stereocenters. The molecule has 1 aliphatic rings. The second-order valence-corrected chi connectivity index (χ2v) is 7.03. The summed E-state index contributed by atoms with van der Waals surface area (Å²) >= 11 is 0. The molecule has 1 atom stereocenters. The molecule has 4 aromatic carbocycles. The van der Waals surface area contributed by atoms with Crippen LogP contribution in [-0.2, 0) is 0 Å². The molecule has 0 spiro atoms. The topological polar surface area (TPSA) is 24.4 Å². The van der Waals surface area contributed by atoms with Gasteiger partial charge in [-0.2, -0.15) is 5.10 Å². The van der Waals surface area contributed by atoms with E-state index < -0.39 is 0 Å². The van der Waals surface area contributed by atoms with Crippen molar-refractivity contribution in [3.05, 3.63) is 119 Å². The lowest BCUT2D eigenvalue weighted by Crippen LogP contribution is -2.01. The molecule has 0 aromatic heterocycles. The Morgan fingerprint density at radius 3 is 2.39 bits per heavy atom. The average molecular weight is 360 g/mol. The molecule has 1 aliphatic carbocycles. The smallest absolute Gasteiger partial charge is 0.0568 e. The van der Waals surface area contributed by atoms with Crippen LogP contribution in [0.5, 0.6) is 0 Å². The van der Waals surface area contributed by atoms with Gasteiger partial charge in [0.05, 0.1) is 11.9 Å². The number of hydrazone groups is 1. The Labute approximate surface area is 164 Å². The maximum Gasteiger partial charge on any atom is 0.0568 e. The fraction of sp³-hybridized carbons (Fsp3) is 0.0385. The van der Waals surface area contributed by atoms with Crippen LogP contribution in [0.3, 0.4) is 0 Å². The van der Waals surface area contributed by atoms with Crippen LogP contribution in [0.4, 0.5) is 5.69 Å². The van der Waals surface area contributed by atoms with Crippen LogP contribution in [0.25, 0.3) is 16.8 Å². The summed E-state index contributed by atoms with van der Waals surface area (Å²) < 4.78 is 0. The Balaban J connectivity index is 1.41. The van der Waals surface area contributed by atoms with Gasteiger partial charge < -0.3 is 0 Å². The van der Waals surface area contributed by atoms with Gasteiger partial charge in [-0.15, -0.1) is 0 Å². The lowest BCUT2D eigenvalue weighted by molar-refractivity contribution is 1.05. The van der Waals surface area contributed by atoms with Crippen molar-refractivity contribution in [1.82, 2.24) is 0 Å². The highest BCUT2D eigenvalue weighted by molar-refractivity contribution is 5.87. The molecule has 0 saturated heterocycles. The molecule has 28 heavy (non-hydrogen) atoms. The minimum atomic E-state index is 0.277. The second-order valence-electron chi connectivity index (χ2n) is 7.03. The molecule has 5 rings (SSSR count). The van der Waals surface area contributed by atoms with E-state index >= 15 is 0 Å². The van der Waals surface area contributed by atoms with Gasteiger partial charge >= 0.3 is 0 Å². The number of fused-ring (bicyclic) bond motifs is 2. The second kappa shape index (κ2) is 7.16. The molecule has 0 radical (unpaired) electrons. The molecule has 0 aliphatic heterocycles. The zero-order valence-corrected chi connectivity index (χ0v) is 15.4. The number of allylic oxidation sites excluding steroid dienone is 1. The Morgan fingerprint density at radius 2 is 1.46 bits per heavy atom. The number of nitrogens with zero attached hydrogens (tertiary/aromatic N) is 1. The molecule has 0 heterocycles. The summed E-state index contributed by atoms with van der Waals surface area (Å²) in [6, 6.07) is 31.7. The zero-order valence-electron chi connectivity index (χ0n) is 15.4. The molecule has 0 fully saturated rings. The fourth-order valence-corrected chi connectivity index (χ4v) is 3.87. The van der Waals surface area contributed by atoms with Crippen molar-refractivity contribution in [1.29, 1.82) is 0 Å². The summed E-state index contributed by atoms with van der Waals surface area (Å²) in [6.45, 7) is 0. The van der Waals surface area contributed by atoms with Crippen molar-refractivity contribution >= 4 is 28.8 Å². The maximum atomic E-state index is 4.51. The normalized spacial score (nSPS) is 15.2. The van der Waals surface area contributed by atoms with Crippen LogP contribution in [0, 0.1) is 0 Å². The highest BCUT2D eigenvalue weighted by Crippen LogP contribution is 2.36. The van der Waals surface area contributed by atoms with Crippen LogP contribution >= 0.6 is 0 Å². The highest BCUT2D eigenvalue weighted by Gasteiger charge is 2.20. The SMILES string of the molecule is C1=CC(c2ccccc2C=NNc2ccc3ccccc3c2)c2ccccc21. The lowest BCUT2D eigenvalue weighted by atomic mass is 9.90. The fourth-order valence-electron chi connectivity index (χ4n) is 3.87. The first-order valence-electron chi connectivity index (χ1n) is 9.52. The van der Waals surface area contributed by atoms with Gasteiger partial charge in [0.1, 0.15) is 0 Å². The Kier molecular flexibility index (Phi) is 4.23. The number of hydrogen-bond acceptors (Lipinski definition) is 2. The maximum absolute atomic E-state index is 4.51. The van der Waals surface area contributed by atoms with E-state index in [4.69, 9.17) is 0 Å². The van der Waals surface area contributed by atoms with Gasteiger partial charge in [0.25, 0.3) is 0 Å². The quantitative estimate of drug-likeness (QED) is 0.328. The molecule has 0 bridgehead atoms. The van der Waals surface area contributed by atoms with Gasteiger partial charge in [-0.05, 0) is 45.2 Å². The van der Waals surface area contributed by atoms with Gasteiger partial charge in [0, 0.05) is 5.92 Å². The van der Waals surface area contributed by atoms with Gasteiger partial charge in [-0.25, -0.2) is 0 Å². The van der Waals surface area contributed by atoms with E-state index in [1.54, 1.807) is 0 Å². The summed E-state index contributed by atoms with van der Waals surface area (Å²) in [4.78, 5) is 0. The summed E-state index contributed by atoms with van der Waals surface area (Å²) in [7, 11) is 0. The predicted molar refractivity (Wildman–Crippen MR) is 119 cm³/mol. The number of nitrogens with one attached hydrogen (secondary N) is 1. The first-order chi connectivity index (χ1) is 13.9. The zero-order chi connectivity index (χ0) is 18.8. The minimum Gasteiger partial charge on any atom is -0.278 e. The van der Waals surface area contributed by atoms with Crippen molar-refractivity contribution in [3.63, 3.8) is 0 Å². The van der Waals surface area contributed by atoms with E-state index in [1.165, 1.54) is 27.5 Å². The standard InChI is InChI=1S/C26H20N2/c1-2-9-21-17-23(15-13-19(21)7-1)28-27-18-22-10-4-6-12-25(22)26-16-14-20-8-3-5-11-24(20)26/h1-18,26,28H. The molecular formula is C26H20N2. The van der Waals surface area contributed by atoms with Crippen molar-refractivity contribution in [2.75, 3.05) is 5.43 Å². The highest BCUT2D eigenvalue weighted by atomic mass is 15.3. The molecule has 4 aromatic rings. The number of hydrogen-bond donors (Lipinski definition) is 1. The van der Waals surface area contributed by atoms with Gasteiger partial charge in [-0.1, -0.05) is 91.0 Å². The first kappa shape index (κ1) is 16.5. The van der Waals surface area contributed by atoms with E-state index in [2.05, 4.69) is 114 Å². The van der Waals surface area contributed by atoms with Crippen molar-refractivity contribution in [2.45, 2.75) is 5.92 Å². The van der Waals surface area contributed by atoms with Crippen LogP contribution in [0.15, 0.2) is 102 Å². The first-order valence-corrected chi connectivity index (χ1v) is 9.52. The van der Waals surface area contributed by atoms with Crippen LogP contribution in [-0.4, -0.2) is 6.21 Å². The van der Waals surface area contributed by atoms with Gasteiger partial charge in [0.15, 0.2) is 0 Å². The third-order valence-electron chi connectivity index (χ3n) is 5.28. The minimum absolute atomic E-state index is 0.277. The predicted octanol–water partition coefficient (Wildman–Crippen LogP) is 6.44. The third kappa shape index (κ3) is 3.10. The average Bonchev–Trinajstić information content (AvgIpc) is 3.18. The molecule has 2 nitrogen and oxygen atoms in total. The summed E-state index contributed by atoms with van der Waals surface area (Å²) in [5, 5.41) is 6.94. The Bertz CT molecular complexity index is 1200. The van der Waals surface area contributed by atoms with E-state index in [0.29, 0.717) is 0 Å². The summed E-state index contributed by atoms with van der Waals surface area (Å²) in [5.74, 6) is 0.277. The number of anilines is 1. The summed E-state index contributed by atoms with van der Waals surface area (Å²) in [5.41, 5.74) is 9.21. The van der Waals surface area contributed by atoms with E-state index in [-0.39, 0.29) is 5.92 Å². The Morgan fingerprint density at radius 1 is 0.714 bits per heavy atom. The van der Waals surface area contributed by atoms with E-state index in [9.17, 15) is 0 Å². The van der Waals surface area contributed by atoms with Crippen LogP contribution < -0.4 is 5.43 Å². The molecule has 0 amide bonds. The largest absolute Gasteiger partial charge is 0.278 e. The van der Waals surface area contributed by atoms with Gasteiger partial charge in [0.2, 0.25) is 0 Å². The van der Waals surface area contributed by atoms with E-state index in [0.717, 1.165) is 11.3 Å². The van der Waals surface area contributed by atoms with Crippen LogP contribution in [0.2, 0.25) is 0 Å². The molecule has 2 heteroatoms. The molecule has 0 saturated carbocycles. The van der Waals surface area contributed by atoms with Crippen molar-refractivity contribution in [3.8, 4) is 0 Å². The number of benzene rings is 4. The Hall–Kier alpha value is -3.65. The molecule has 134 valence electrons.